The molecule has 0 N–H and O–H groups in total. The molecule has 2 aliphatic heterocycles. The van der Waals surface area contributed by atoms with E-state index in [-0.39, 0.29) is 42.0 Å². The minimum Gasteiger partial charge on any atom is -0.496 e. The van der Waals surface area contributed by atoms with E-state index in [2.05, 4.69) is 14.9 Å². The molecule has 1 atom stereocenters. The molecule has 37 heavy (non-hydrogen) atoms. The summed E-state index contributed by atoms with van der Waals surface area (Å²) in [6.45, 7) is 3.74. The number of carbonyl (C=O) groups excluding carboxylic acids is 1. The lowest BCUT2D eigenvalue weighted by Gasteiger charge is -2.32. The van der Waals surface area contributed by atoms with Crippen molar-refractivity contribution in [2.24, 2.45) is 0 Å². The van der Waals surface area contributed by atoms with Gasteiger partial charge in [-0.25, -0.2) is 4.98 Å². The average Bonchev–Trinajstić information content (AvgIpc) is 3.54. The number of likely N-dealkylation sites (N-methyl/N-ethyl adjacent to an activating group) is 1. The number of methoxy groups -OCH3 is 1. The van der Waals surface area contributed by atoms with E-state index in [1.54, 1.807) is 18.2 Å². The Hall–Kier alpha value is -3.18. The van der Waals surface area contributed by atoms with Gasteiger partial charge in [0.2, 0.25) is 5.88 Å². The zero-order valence-corrected chi connectivity index (χ0v) is 20.8. The van der Waals surface area contributed by atoms with Crippen LogP contribution in [0.2, 0.25) is 0 Å². The predicted octanol–water partition coefficient (Wildman–Crippen LogP) is 3.13. The first-order valence-electron chi connectivity index (χ1n) is 12.3. The maximum atomic E-state index is 13.7. The van der Waals surface area contributed by atoms with Gasteiger partial charge in [0.25, 0.3) is 5.91 Å². The van der Waals surface area contributed by atoms with Gasteiger partial charge in [-0.15, -0.1) is 0 Å². The van der Waals surface area contributed by atoms with Crippen molar-refractivity contribution in [1.82, 2.24) is 19.8 Å². The van der Waals surface area contributed by atoms with E-state index in [0.717, 1.165) is 24.7 Å². The van der Waals surface area contributed by atoms with Crippen molar-refractivity contribution in [2.75, 3.05) is 53.6 Å². The fraction of sp³-hybridized carbons (Fsp3) is 0.500. The van der Waals surface area contributed by atoms with Crippen molar-refractivity contribution in [3.8, 4) is 11.6 Å². The second-order valence-corrected chi connectivity index (χ2v) is 9.49. The van der Waals surface area contributed by atoms with Gasteiger partial charge in [-0.3, -0.25) is 4.79 Å². The summed E-state index contributed by atoms with van der Waals surface area (Å²) in [7, 11) is 3.54. The van der Waals surface area contributed by atoms with Crippen molar-refractivity contribution in [3.63, 3.8) is 0 Å². The van der Waals surface area contributed by atoms with Crippen LogP contribution in [0.4, 0.5) is 13.2 Å². The number of aromatic nitrogens is 2. The van der Waals surface area contributed by atoms with E-state index >= 15 is 0 Å². The van der Waals surface area contributed by atoms with Crippen LogP contribution in [0, 0.1) is 0 Å². The number of halogens is 3. The molecule has 1 unspecified atom stereocenters. The Morgan fingerprint density at radius 1 is 1.19 bits per heavy atom. The smallest absolute Gasteiger partial charge is 0.416 e. The van der Waals surface area contributed by atoms with Crippen molar-refractivity contribution in [1.29, 1.82) is 0 Å². The summed E-state index contributed by atoms with van der Waals surface area (Å²) < 4.78 is 57.8. The van der Waals surface area contributed by atoms with Crippen LogP contribution in [-0.4, -0.2) is 91.5 Å². The molecule has 0 saturated carbocycles. The topological polar surface area (TPSA) is 77.0 Å². The van der Waals surface area contributed by atoms with Crippen LogP contribution in [0.15, 0.2) is 24.3 Å². The van der Waals surface area contributed by atoms with Crippen molar-refractivity contribution in [3.05, 3.63) is 52.5 Å². The Kier molecular flexibility index (Phi) is 7.09. The number of ether oxygens (including phenoxy) is 3. The Balaban J connectivity index is 1.41. The lowest BCUT2D eigenvalue weighted by atomic mass is 10.1. The molecule has 0 radical (unpaired) electrons. The monoisotopic (exact) mass is 518 g/mol. The molecule has 8 nitrogen and oxygen atoms in total. The predicted molar refractivity (Wildman–Crippen MR) is 129 cm³/mol. The van der Waals surface area contributed by atoms with Crippen LogP contribution in [0.5, 0.6) is 11.6 Å². The molecule has 0 bridgehead atoms. The Morgan fingerprint density at radius 3 is 2.65 bits per heavy atom. The first-order valence-corrected chi connectivity index (χ1v) is 12.3. The summed E-state index contributed by atoms with van der Waals surface area (Å²) in [6, 6.07) is 5.21. The zero-order valence-electron chi connectivity index (χ0n) is 20.8. The van der Waals surface area contributed by atoms with Crippen molar-refractivity contribution >= 4 is 11.5 Å². The summed E-state index contributed by atoms with van der Waals surface area (Å²) in [5.74, 6) is 0.676. The maximum absolute atomic E-state index is 13.7. The Labute approximate surface area is 213 Å². The molecule has 198 valence electrons. The Bertz CT molecular complexity index is 1200. The SMILES string of the molecule is COc1cc(C(=O)N2CCN(C)CC2)ccc1Cc1nc2c(c(OC3CCOC3)n1)C(C(F)(F)F)=CC2. The van der Waals surface area contributed by atoms with E-state index in [0.29, 0.717) is 49.9 Å². The van der Waals surface area contributed by atoms with Gasteiger partial charge in [-0.1, -0.05) is 12.1 Å². The van der Waals surface area contributed by atoms with E-state index in [1.165, 1.54) is 7.11 Å². The van der Waals surface area contributed by atoms with Crippen LogP contribution in [0.3, 0.4) is 0 Å². The molecular weight excluding hydrogens is 489 g/mol. The van der Waals surface area contributed by atoms with Gasteiger partial charge in [-0.05, 0) is 19.2 Å². The summed E-state index contributed by atoms with van der Waals surface area (Å²) >= 11 is 0. The molecule has 1 aromatic heterocycles. The second-order valence-electron chi connectivity index (χ2n) is 9.49. The third-order valence-corrected chi connectivity index (χ3v) is 6.91. The number of carbonyl (C=O) groups is 1. The second kappa shape index (κ2) is 10.3. The largest absolute Gasteiger partial charge is 0.496 e. The third-order valence-electron chi connectivity index (χ3n) is 6.91. The van der Waals surface area contributed by atoms with Gasteiger partial charge in [0.15, 0.2) is 0 Å². The number of alkyl halides is 3. The maximum Gasteiger partial charge on any atom is 0.416 e. The molecular formula is C26H29F3N4O4. The fourth-order valence-electron chi connectivity index (χ4n) is 4.82. The van der Waals surface area contributed by atoms with E-state index in [4.69, 9.17) is 14.2 Å². The molecule has 2 fully saturated rings. The number of nitrogens with zero attached hydrogens (tertiary/aromatic N) is 4. The van der Waals surface area contributed by atoms with Gasteiger partial charge < -0.3 is 24.0 Å². The number of hydrogen-bond donors (Lipinski definition) is 0. The quantitative estimate of drug-likeness (QED) is 0.582. The molecule has 3 aliphatic rings. The van der Waals surface area contributed by atoms with Crippen molar-refractivity contribution < 1.29 is 32.2 Å². The molecule has 2 saturated heterocycles. The van der Waals surface area contributed by atoms with Crippen molar-refractivity contribution in [2.45, 2.75) is 31.5 Å². The first kappa shape index (κ1) is 25.5. The number of fused-ring (bicyclic) bond motifs is 1. The highest BCUT2D eigenvalue weighted by molar-refractivity contribution is 5.94. The minimum atomic E-state index is -4.53. The number of benzene rings is 1. The third kappa shape index (κ3) is 5.42. The van der Waals surface area contributed by atoms with E-state index < -0.39 is 11.7 Å². The van der Waals surface area contributed by atoms with Crippen LogP contribution >= 0.6 is 0 Å². The Morgan fingerprint density at radius 2 is 1.97 bits per heavy atom. The number of piperazine rings is 1. The highest BCUT2D eigenvalue weighted by Gasteiger charge is 2.41. The molecule has 1 aliphatic carbocycles. The van der Waals surface area contributed by atoms with Crippen LogP contribution in [-0.2, 0) is 17.6 Å². The molecule has 2 aromatic rings. The van der Waals surface area contributed by atoms with Gasteiger partial charge in [-0.2, -0.15) is 18.2 Å². The van der Waals surface area contributed by atoms with E-state index in [1.807, 2.05) is 11.9 Å². The minimum absolute atomic E-state index is 0.0484. The lowest BCUT2D eigenvalue weighted by molar-refractivity contribution is -0.0690. The molecule has 5 rings (SSSR count). The number of hydrogen-bond acceptors (Lipinski definition) is 7. The zero-order chi connectivity index (χ0) is 26.2. The molecule has 1 aromatic carbocycles. The average molecular weight is 519 g/mol. The standard InChI is InChI=1S/C26H29F3N4O4/c1-32-8-10-33(11-9-32)25(34)17-4-3-16(21(13-17)35-2)14-22-30-20-6-5-19(26(27,28)29)23(20)24(31-22)37-18-7-12-36-15-18/h3-5,13,18H,6-12,14-15H2,1-2H3. The van der Waals surface area contributed by atoms with Crippen LogP contribution in [0.1, 0.15) is 39.4 Å². The fourth-order valence-corrected chi connectivity index (χ4v) is 4.82. The van der Waals surface area contributed by atoms with Gasteiger partial charge >= 0.3 is 6.18 Å². The van der Waals surface area contributed by atoms with Gasteiger partial charge in [0, 0.05) is 56.6 Å². The normalized spacial score (nSPS) is 20.1. The van der Waals surface area contributed by atoms with Gasteiger partial charge in [0.05, 0.1) is 37.2 Å². The highest BCUT2D eigenvalue weighted by Crippen LogP contribution is 2.43. The van der Waals surface area contributed by atoms with Crippen LogP contribution < -0.4 is 9.47 Å². The summed E-state index contributed by atoms with van der Waals surface area (Å²) in [6.07, 6.45) is -2.94. The van der Waals surface area contributed by atoms with Gasteiger partial charge in [0.1, 0.15) is 17.7 Å². The molecule has 11 heteroatoms. The molecule has 1 amide bonds. The first-order chi connectivity index (χ1) is 17.7. The highest BCUT2D eigenvalue weighted by atomic mass is 19.4. The molecule has 0 spiro atoms. The number of rotatable bonds is 6. The number of amides is 1. The molecule has 3 heterocycles. The number of allylic oxidation sites excluding steroid dienone is 2. The van der Waals surface area contributed by atoms with E-state index in [9.17, 15) is 18.0 Å². The summed E-state index contributed by atoms with van der Waals surface area (Å²) in [5, 5.41) is 0. The summed E-state index contributed by atoms with van der Waals surface area (Å²) in [4.78, 5) is 25.9. The summed E-state index contributed by atoms with van der Waals surface area (Å²) in [5.41, 5.74) is 0.654. The van der Waals surface area contributed by atoms with Crippen LogP contribution in [0.25, 0.3) is 5.57 Å². The lowest BCUT2D eigenvalue weighted by Crippen LogP contribution is -2.47.